The van der Waals surface area contributed by atoms with Crippen LogP contribution in [-0.2, 0) is 29.0 Å². The third kappa shape index (κ3) is 3.58. The highest BCUT2D eigenvalue weighted by molar-refractivity contribution is 6.25. The Kier molecular flexibility index (Phi) is 5.39. The topological polar surface area (TPSA) is 123 Å². The van der Waals surface area contributed by atoms with Crippen LogP contribution in [0.5, 0.6) is 11.5 Å². The zero-order valence-electron chi connectivity index (χ0n) is 19.9. The van der Waals surface area contributed by atoms with E-state index in [2.05, 4.69) is 20.5 Å². The molecule has 3 aromatic rings. The average Bonchev–Trinajstić information content (AvgIpc) is 3.67. The van der Waals surface area contributed by atoms with Gasteiger partial charge in [0.2, 0.25) is 11.7 Å². The third-order valence-electron chi connectivity index (χ3n) is 6.69. The predicted octanol–water partition coefficient (Wildman–Crippen LogP) is 3.13. The van der Waals surface area contributed by atoms with Gasteiger partial charge in [-0.2, -0.15) is 10.1 Å². The lowest BCUT2D eigenvalue weighted by atomic mass is 10.1. The number of rotatable bonds is 7. The maximum Gasteiger partial charge on any atom is 0.263 e. The number of ether oxygens (including phenoxy) is 2. The molecular formula is C25H24N6O5. The highest BCUT2D eigenvalue weighted by Crippen LogP contribution is 2.35. The molecule has 0 radical (unpaired) electrons. The summed E-state index contributed by atoms with van der Waals surface area (Å²) in [7, 11) is 1.56. The number of hydrogen-bond donors (Lipinski definition) is 0. The number of fused-ring (bicyclic) bond motifs is 2. The van der Waals surface area contributed by atoms with Gasteiger partial charge in [-0.25, -0.2) is 4.90 Å². The van der Waals surface area contributed by atoms with Gasteiger partial charge in [0.15, 0.2) is 23.6 Å². The molecule has 1 saturated heterocycles. The second kappa shape index (κ2) is 8.74. The van der Waals surface area contributed by atoms with Crippen LogP contribution in [0.2, 0.25) is 0 Å². The SMILES string of the molecule is CCOc1ccc(-c2noc(CN3N=N[C@@H]4C(=O)N(c5ccc6c(c5)CCC6)C(=O)[C@@H]43)n2)cc1OC. The van der Waals surface area contributed by atoms with Crippen LogP contribution in [0.4, 0.5) is 5.69 Å². The second-order valence-corrected chi connectivity index (χ2v) is 8.82. The molecule has 2 atom stereocenters. The first-order chi connectivity index (χ1) is 17.6. The van der Waals surface area contributed by atoms with E-state index in [1.54, 1.807) is 25.3 Å². The molecule has 0 spiro atoms. The standard InChI is InChI=1S/C25H24N6O5/c1-3-35-18-10-8-16(12-19(18)34-2)23-26-20(36-28-23)13-30-22-21(27-29-30)24(32)31(25(22)33)17-9-7-14-5-4-6-15(14)11-17/h7-12,21-22H,3-6,13H2,1-2H3/t21-,22+/m0/s1. The number of nitrogens with zero attached hydrogens (tertiary/aromatic N) is 6. The quantitative estimate of drug-likeness (QED) is 0.465. The highest BCUT2D eigenvalue weighted by Gasteiger charge is 2.55. The molecule has 3 aliphatic rings. The molecule has 1 aliphatic carbocycles. The fourth-order valence-electron chi connectivity index (χ4n) is 4.96. The zero-order chi connectivity index (χ0) is 24.8. The Labute approximate surface area is 206 Å². The van der Waals surface area contributed by atoms with Crippen molar-refractivity contribution in [3.05, 3.63) is 53.4 Å². The van der Waals surface area contributed by atoms with Gasteiger partial charge in [-0.1, -0.05) is 16.4 Å². The molecule has 3 heterocycles. The van der Waals surface area contributed by atoms with Crippen LogP contribution in [0, 0.1) is 0 Å². The van der Waals surface area contributed by atoms with Crippen LogP contribution < -0.4 is 14.4 Å². The minimum absolute atomic E-state index is 0.0445. The first-order valence-corrected chi connectivity index (χ1v) is 11.9. The van der Waals surface area contributed by atoms with Crippen molar-refractivity contribution in [2.24, 2.45) is 10.3 Å². The van der Waals surface area contributed by atoms with E-state index in [0.717, 1.165) is 19.3 Å². The van der Waals surface area contributed by atoms with E-state index in [1.807, 2.05) is 25.1 Å². The van der Waals surface area contributed by atoms with Crippen molar-refractivity contribution in [1.82, 2.24) is 15.1 Å². The Morgan fingerprint density at radius 1 is 1.06 bits per heavy atom. The van der Waals surface area contributed by atoms with E-state index in [1.165, 1.54) is 21.0 Å². The summed E-state index contributed by atoms with van der Waals surface area (Å²) in [5.74, 6) is 1.04. The van der Waals surface area contributed by atoms with Crippen LogP contribution in [0.25, 0.3) is 11.4 Å². The molecule has 1 aromatic heterocycles. The van der Waals surface area contributed by atoms with Crippen molar-refractivity contribution in [2.45, 2.75) is 44.8 Å². The molecule has 1 fully saturated rings. The van der Waals surface area contributed by atoms with E-state index < -0.39 is 12.1 Å². The van der Waals surface area contributed by atoms with Crippen molar-refractivity contribution in [2.75, 3.05) is 18.6 Å². The lowest BCUT2D eigenvalue weighted by molar-refractivity contribution is -0.123. The molecule has 2 aromatic carbocycles. The van der Waals surface area contributed by atoms with E-state index in [4.69, 9.17) is 14.0 Å². The van der Waals surface area contributed by atoms with Gasteiger partial charge in [0, 0.05) is 5.56 Å². The number of benzene rings is 2. The van der Waals surface area contributed by atoms with Crippen LogP contribution in [0.3, 0.4) is 0 Å². The summed E-state index contributed by atoms with van der Waals surface area (Å²) in [4.78, 5) is 32.1. The van der Waals surface area contributed by atoms with Crippen molar-refractivity contribution in [1.29, 1.82) is 0 Å². The van der Waals surface area contributed by atoms with E-state index >= 15 is 0 Å². The summed E-state index contributed by atoms with van der Waals surface area (Å²) >= 11 is 0. The summed E-state index contributed by atoms with van der Waals surface area (Å²) in [5, 5.41) is 13.6. The van der Waals surface area contributed by atoms with Crippen LogP contribution in [-0.4, -0.2) is 52.8 Å². The fourth-order valence-corrected chi connectivity index (χ4v) is 4.96. The number of methoxy groups -OCH3 is 1. The lowest BCUT2D eigenvalue weighted by Crippen LogP contribution is -2.39. The van der Waals surface area contributed by atoms with Crippen LogP contribution >= 0.6 is 0 Å². The van der Waals surface area contributed by atoms with Gasteiger partial charge in [-0.05, 0) is 67.6 Å². The summed E-state index contributed by atoms with van der Waals surface area (Å²) in [6.45, 7) is 2.45. The first kappa shape index (κ1) is 22.2. The summed E-state index contributed by atoms with van der Waals surface area (Å²) in [5.41, 5.74) is 3.73. The van der Waals surface area contributed by atoms with Gasteiger partial charge in [0.1, 0.15) is 6.54 Å². The van der Waals surface area contributed by atoms with E-state index in [9.17, 15) is 9.59 Å². The minimum atomic E-state index is -0.886. The molecule has 2 aliphatic heterocycles. The van der Waals surface area contributed by atoms with Gasteiger partial charge in [-0.15, -0.1) is 0 Å². The number of hydrogen-bond acceptors (Lipinski definition) is 10. The van der Waals surface area contributed by atoms with Gasteiger partial charge >= 0.3 is 0 Å². The Morgan fingerprint density at radius 3 is 2.75 bits per heavy atom. The largest absolute Gasteiger partial charge is 0.493 e. The number of imide groups is 1. The van der Waals surface area contributed by atoms with Crippen LogP contribution in [0.15, 0.2) is 51.3 Å². The van der Waals surface area contributed by atoms with Gasteiger partial charge in [0.25, 0.3) is 11.8 Å². The van der Waals surface area contributed by atoms with Crippen molar-refractivity contribution < 1.29 is 23.6 Å². The molecule has 0 unspecified atom stereocenters. The zero-order valence-corrected chi connectivity index (χ0v) is 19.9. The Bertz CT molecular complexity index is 1390. The number of aromatic nitrogens is 2. The van der Waals surface area contributed by atoms with E-state index in [-0.39, 0.29) is 24.2 Å². The number of amides is 2. The molecule has 0 N–H and O–H groups in total. The minimum Gasteiger partial charge on any atom is -0.493 e. The lowest BCUT2D eigenvalue weighted by Gasteiger charge is -2.19. The molecule has 6 rings (SSSR count). The van der Waals surface area contributed by atoms with Gasteiger partial charge in [0.05, 0.1) is 19.4 Å². The first-order valence-electron chi connectivity index (χ1n) is 11.9. The van der Waals surface area contributed by atoms with Crippen molar-refractivity contribution in [3.8, 4) is 22.9 Å². The Balaban J connectivity index is 1.20. The number of aryl methyl sites for hydroxylation is 2. The van der Waals surface area contributed by atoms with Crippen molar-refractivity contribution in [3.63, 3.8) is 0 Å². The molecule has 0 bridgehead atoms. The predicted molar refractivity (Wildman–Crippen MR) is 126 cm³/mol. The number of anilines is 1. The van der Waals surface area contributed by atoms with Gasteiger partial charge in [-0.3, -0.25) is 14.6 Å². The summed E-state index contributed by atoms with van der Waals surface area (Å²) < 4.78 is 16.4. The number of carbonyl (C=O) groups excluding carboxylic acids is 2. The number of carbonyl (C=O) groups is 2. The van der Waals surface area contributed by atoms with Gasteiger partial charge < -0.3 is 14.0 Å². The molecule has 2 amide bonds. The molecule has 184 valence electrons. The molecule has 11 heteroatoms. The molecule has 36 heavy (non-hydrogen) atoms. The monoisotopic (exact) mass is 488 g/mol. The third-order valence-corrected chi connectivity index (χ3v) is 6.69. The summed E-state index contributed by atoms with van der Waals surface area (Å²) in [6, 6.07) is 9.40. The summed E-state index contributed by atoms with van der Waals surface area (Å²) in [6.07, 6.45) is 3.07. The maximum atomic E-state index is 13.3. The van der Waals surface area contributed by atoms with E-state index in [0.29, 0.717) is 35.2 Å². The maximum absolute atomic E-state index is 13.3. The smallest absolute Gasteiger partial charge is 0.263 e. The van der Waals surface area contributed by atoms with Crippen molar-refractivity contribution >= 4 is 17.5 Å². The Hall–Kier alpha value is -4.28. The average molecular weight is 489 g/mol. The fraction of sp³-hybridized carbons (Fsp3) is 0.360. The Morgan fingerprint density at radius 2 is 1.92 bits per heavy atom. The highest BCUT2D eigenvalue weighted by atomic mass is 16.5. The second-order valence-electron chi connectivity index (χ2n) is 8.82. The van der Waals surface area contributed by atoms with Crippen LogP contribution in [0.1, 0.15) is 30.4 Å². The molecule has 0 saturated carbocycles. The normalized spacial score (nSPS) is 20.3. The molecular weight excluding hydrogens is 464 g/mol. The molecule has 11 nitrogen and oxygen atoms in total.